The molecule has 3 rings (SSSR count). The zero-order valence-corrected chi connectivity index (χ0v) is 12.3. The molecule has 0 atom stereocenters. The molecule has 112 valence electrons. The Kier molecular flexibility index (Phi) is 4.60. The van der Waals surface area contributed by atoms with E-state index in [0.29, 0.717) is 30.1 Å². The fourth-order valence-electron chi connectivity index (χ4n) is 2.69. The van der Waals surface area contributed by atoms with E-state index in [0.717, 1.165) is 18.6 Å². The number of rotatable bonds is 6. The highest BCUT2D eigenvalue weighted by atomic mass is 32.2. The van der Waals surface area contributed by atoms with Crippen molar-refractivity contribution in [2.24, 2.45) is 0 Å². The Balaban J connectivity index is 1.48. The molecule has 0 saturated heterocycles. The summed E-state index contributed by atoms with van der Waals surface area (Å²) in [6.45, 7) is 0.637. The lowest BCUT2D eigenvalue weighted by molar-refractivity contribution is 0.251. The predicted molar refractivity (Wildman–Crippen MR) is 80.5 cm³/mol. The molecular weight excluding hydrogens is 292 g/mol. The number of halogens is 2. The predicted octanol–water partition coefficient (Wildman–Crippen LogP) is 3.99. The van der Waals surface area contributed by atoms with Crippen LogP contribution in [0.4, 0.5) is 8.78 Å². The number of alkyl halides is 2. The zero-order chi connectivity index (χ0) is 14.7. The fraction of sp³-hybridized carbons (Fsp3) is 0.375. The summed E-state index contributed by atoms with van der Waals surface area (Å²) in [5.41, 5.74) is 2.81. The Bertz CT molecular complexity index is 574. The van der Waals surface area contributed by atoms with Gasteiger partial charge in [-0.2, -0.15) is 8.78 Å². The average Bonchev–Trinajstić information content (AvgIpc) is 3.09. The van der Waals surface area contributed by atoms with Crippen LogP contribution in [0.1, 0.15) is 22.6 Å². The van der Waals surface area contributed by atoms with Gasteiger partial charge in [-0.1, -0.05) is 36.0 Å². The summed E-state index contributed by atoms with van der Waals surface area (Å²) in [7, 11) is 0. The summed E-state index contributed by atoms with van der Waals surface area (Å²) < 4.78 is 29.8. The number of hydrogen-bond acceptors (Lipinski definition) is 3. The molecule has 1 aliphatic rings. The SMILES string of the molecule is FC(F)SCc1ccc(CNC2Cc3ccccc3C2)o1. The molecule has 1 heterocycles. The van der Waals surface area contributed by atoms with E-state index in [4.69, 9.17) is 4.42 Å². The molecule has 1 aromatic carbocycles. The van der Waals surface area contributed by atoms with Crippen LogP contribution in [0.3, 0.4) is 0 Å². The molecule has 0 aliphatic heterocycles. The van der Waals surface area contributed by atoms with Gasteiger partial charge in [0.25, 0.3) is 5.76 Å². The van der Waals surface area contributed by atoms with Crippen molar-refractivity contribution >= 4 is 11.8 Å². The van der Waals surface area contributed by atoms with Crippen LogP contribution in [-0.4, -0.2) is 11.8 Å². The molecule has 5 heteroatoms. The molecule has 0 bridgehead atoms. The number of hydrogen-bond donors (Lipinski definition) is 1. The van der Waals surface area contributed by atoms with Gasteiger partial charge in [-0.3, -0.25) is 0 Å². The Morgan fingerprint density at radius 1 is 1.10 bits per heavy atom. The maximum absolute atomic E-state index is 12.1. The molecule has 2 nitrogen and oxygen atoms in total. The average molecular weight is 309 g/mol. The number of furan rings is 1. The van der Waals surface area contributed by atoms with Crippen LogP contribution in [0.2, 0.25) is 0 Å². The van der Waals surface area contributed by atoms with Crippen LogP contribution < -0.4 is 5.32 Å². The van der Waals surface area contributed by atoms with Crippen LogP contribution in [0.5, 0.6) is 0 Å². The lowest BCUT2D eigenvalue weighted by Gasteiger charge is -2.10. The van der Waals surface area contributed by atoms with Gasteiger partial charge >= 0.3 is 0 Å². The van der Waals surface area contributed by atoms with Gasteiger partial charge in [0.2, 0.25) is 0 Å². The Labute approximate surface area is 126 Å². The molecule has 0 radical (unpaired) electrons. The van der Waals surface area contributed by atoms with Crippen LogP contribution in [0, 0.1) is 0 Å². The first-order valence-electron chi connectivity index (χ1n) is 6.98. The van der Waals surface area contributed by atoms with Gasteiger partial charge in [-0.05, 0) is 36.1 Å². The quantitative estimate of drug-likeness (QED) is 0.873. The molecule has 0 spiro atoms. The van der Waals surface area contributed by atoms with Crippen molar-refractivity contribution in [3.05, 3.63) is 59.0 Å². The highest BCUT2D eigenvalue weighted by Crippen LogP contribution is 2.23. The van der Waals surface area contributed by atoms with Crippen LogP contribution >= 0.6 is 11.8 Å². The van der Waals surface area contributed by atoms with Gasteiger partial charge in [-0.25, -0.2) is 0 Å². The van der Waals surface area contributed by atoms with E-state index in [1.54, 1.807) is 6.07 Å². The molecule has 1 N–H and O–H groups in total. The summed E-state index contributed by atoms with van der Waals surface area (Å²) in [5.74, 6) is -0.733. The molecule has 21 heavy (non-hydrogen) atoms. The van der Waals surface area contributed by atoms with Crippen molar-refractivity contribution in [2.75, 3.05) is 0 Å². The molecule has 0 amide bonds. The maximum Gasteiger partial charge on any atom is 0.284 e. The van der Waals surface area contributed by atoms with Crippen molar-refractivity contribution in [1.82, 2.24) is 5.32 Å². The third-order valence-corrected chi connectivity index (χ3v) is 4.39. The van der Waals surface area contributed by atoms with Gasteiger partial charge in [0, 0.05) is 6.04 Å². The van der Waals surface area contributed by atoms with E-state index in [9.17, 15) is 8.78 Å². The van der Waals surface area contributed by atoms with Crippen molar-refractivity contribution in [1.29, 1.82) is 0 Å². The smallest absolute Gasteiger partial charge is 0.284 e. The van der Waals surface area contributed by atoms with Gasteiger partial charge in [-0.15, -0.1) is 0 Å². The summed E-state index contributed by atoms with van der Waals surface area (Å²) in [4.78, 5) is 0. The summed E-state index contributed by atoms with van der Waals surface area (Å²) >= 11 is 0.585. The van der Waals surface area contributed by atoms with E-state index in [1.807, 2.05) is 6.07 Å². The van der Waals surface area contributed by atoms with Crippen LogP contribution in [0.15, 0.2) is 40.8 Å². The van der Waals surface area contributed by atoms with E-state index < -0.39 is 5.76 Å². The largest absolute Gasteiger partial charge is 0.464 e. The summed E-state index contributed by atoms with van der Waals surface area (Å²) in [6, 6.07) is 12.5. The lowest BCUT2D eigenvalue weighted by atomic mass is 10.1. The van der Waals surface area contributed by atoms with Crippen molar-refractivity contribution in [2.45, 2.75) is 36.9 Å². The third kappa shape index (κ3) is 3.86. The summed E-state index contributed by atoms with van der Waals surface area (Å²) in [6.07, 6.45) is 2.07. The van der Waals surface area contributed by atoms with E-state index in [2.05, 4.69) is 29.6 Å². The van der Waals surface area contributed by atoms with Crippen molar-refractivity contribution < 1.29 is 13.2 Å². The molecule has 2 aromatic rings. The fourth-order valence-corrected chi connectivity index (χ4v) is 3.13. The molecule has 0 fully saturated rings. The highest BCUT2D eigenvalue weighted by Gasteiger charge is 2.20. The minimum absolute atomic E-state index is 0.215. The molecule has 1 aromatic heterocycles. The number of fused-ring (bicyclic) bond motifs is 1. The first kappa shape index (κ1) is 14.6. The summed E-state index contributed by atoms with van der Waals surface area (Å²) in [5, 5.41) is 3.47. The number of nitrogens with one attached hydrogen (secondary N) is 1. The highest BCUT2D eigenvalue weighted by molar-refractivity contribution is 7.98. The second-order valence-corrected chi connectivity index (χ2v) is 6.17. The Morgan fingerprint density at radius 3 is 2.43 bits per heavy atom. The molecule has 0 saturated carbocycles. The van der Waals surface area contributed by atoms with Gasteiger partial charge in [0.1, 0.15) is 11.5 Å². The Morgan fingerprint density at radius 2 is 1.76 bits per heavy atom. The first-order valence-corrected chi connectivity index (χ1v) is 8.03. The lowest BCUT2D eigenvalue weighted by Crippen LogP contribution is -2.28. The zero-order valence-electron chi connectivity index (χ0n) is 11.5. The van der Waals surface area contributed by atoms with Gasteiger partial charge in [0.05, 0.1) is 12.3 Å². The number of thioether (sulfide) groups is 1. The van der Waals surface area contributed by atoms with E-state index in [-0.39, 0.29) is 5.75 Å². The van der Waals surface area contributed by atoms with Crippen molar-refractivity contribution in [3.63, 3.8) is 0 Å². The van der Waals surface area contributed by atoms with Gasteiger partial charge in [0.15, 0.2) is 0 Å². The molecular formula is C16H17F2NOS. The molecule has 1 aliphatic carbocycles. The first-order chi connectivity index (χ1) is 10.2. The monoisotopic (exact) mass is 309 g/mol. The van der Waals surface area contributed by atoms with Crippen LogP contribution in [-0.2, 0) is 25.1 Å². The minimum Gasteiger partial charge on any atom is -0.464 e. The number of benzene rings is 1. The van der Waals surface area contributed by atoms with Crippen molar-refractivity contribution in [3.8, 4) is 0 Å². The van der Waals surface area contributed by atoms with E-state index in [1.165, 1.54) is 11.1 Å². The van der Waals surface area contributed by atoms with Gasteiger partial charge < -0.3 is 9.73 Å². The molecule has 0 unspecified atom stereocenters. The van der Waals surface area contributed by atoms with Crippen LogP contribution in [0.25, 0.3) is 0 Å². The third-order valence-electron chi connectivity index (χ3n) is 3.68. The minimum atomic E-state index is -2.35. The topological polar surface area (TPSA) is 25.2 Å². The second kappa shape index (κ2) is 6.62. The Hall–Kier alpha value is -1.33. The standard InChI is InChI=1S/C16H17F2NOS/c17-16(18)21-10-15-6-5-14(20-15)9-19-13-7-11-3-1-2-4-12(11)8-13/h1-6,13,16,19H,7-10H2. The normalized spacial score (nSPS) is 14.8. The maximum atomic E-state index is 12.1. The second-order valence-electron chi connectivity index (χ2n) is 5.19. The van der Waals surface area contributed by atoms with E-state index >= 15 is 0 Å².